The highest BCUT2D eigenvalue weighted by molar-refractivity contribution is 5.33. The maximum Gasteiger partial charge on any atom is 0.119 e. The zero-order valence-electron chi connectivity index (χ0n) is 6.73. The zero-order chi connectivity index (χ0) is 8.27. The predicted octanol–water partition coefficient (Wildman–Crippen LogP) is 2.47. The van der Waals surface area contributed by atoms with E-state index in [-0.39, 0.29) is 0 Å². The summed E-state index contributed by atoms with van der Waals surface area (Å²) in [5.41, 5.74) is 1.69. The van der Waals surface area contributed by atoms with Crippen molar-refractivity contribution in [3.05, 3.63) is 29.3 Å². The number of methoxy groups -OCH3 is 1. The van der Waals surface area contributed by atoms with Gasteiger partial charge in [-0.3, -0.25) is 0 Å². The number of hydrogen-bond acceptors (Lipinski definition) is 1. The van der Waals surface area contributed by atoms with Crippen LogP contribution in [0, 0.1) is 6.92 Å². The fourth-order valence-corrected chi connectivity index (χ4v) is 1.02. The average molecular weight is 154 g/mol. The molecule has 1 aromatic carbocycles. The van der Waals surface area contributed by atoms with E-state index in [1.165, 1.54) is 0 Å². The molecule has 1 nitrogen and oxygen atoms in total. The molecule has 1 aromatic rings. The molecule has 11 heavy (non-hydrogen) atoms. The van der Waals surface area contributed by atoms with Crippen LogP contribution in [-0.2, 0) is 6.67 Å². The molecule has 1 rings (SSSR count). The van der Waals surface area contributed by atoms with E-state index in [9.17, 15) is 4.39 Å². The summed E-state index contributed by atoms with van der Waals surface area (Å²) < 4.78 is 17.1. The number of rotatable bonds is 2. The number of halogens is 1. The average Bonchev–Trinajstić information content (AvgIpc) is 2.03. The van der Waals surface area contributed by atoms with Crippen molar-refractivity contribution in [2.75, 3.05) is 7.11 Å². The third-order valence-electron chi connectivity index (χ3n) is 1.50. The lowest BCUT2D eigenvalue weighted by Gasteiger charge is -2.02. The van der Waals surface area contributed by atoms with E-state index in [0.717, 1.165) is 11.3 Å². The summed E-state index contributed by atoms with van der Waals surface area (Å²) in [4.78, 5) is 0. The normalized spacial score (nSPS) is 9.73. The van der Waals surface area contributed by atoms with E-state index in [4.69, 9.17) is 4.74 Å². The van der Waals surface area contributed by atoms with Gasteiger partial charge in [-0.15, -0.1) is 0 Å². The van der Waals surface area contributed by atoms with E-state index in [0.29, 0.717) is 5.56 Å². The maximum absolute atomic E-state index is 12.2. The molecular weight excluding hydrogens is 143 g/mol. The number of aryl methyl sites for hydroxylation is 1. The van der Waals surface area contributed by atoms with Crippen LogP contribution in [-0.4, -0.2) is 7.11 Å². The van der Waals surface area contributed by atoms with Crippen LogP contribution in [0.15, 0.2) is 18.2 Å². The quantitative estimate of drug-likeness (QED) is 0.635. The third kappa shape index (κ3) is 1.93. The standard InChI is InChI=1S/C9H11FO/c1-7-3-8(6-10)5-9(4-7)11-2/h3-5H,6H2,1-2H3. The second-order valence-corrected chi connectivity index (χ2v) is 2.49. The number of hydrogen-bond donors (Lipinski definition) is 0. The molecule has 0 aliphatic heterocycles. The van der Waals surface area contributed by atoms with Gasteiger partial charge in [-0.1, -0.05) is 6.07 Å². The Bertz CT molecular complexity index is 223. The lowest BCUT2D eigenvalue weighted by atomic mass is 10.1. The Morgan fingerprint density at radius 2 is 2.09 bits per heavy atom. The topological polar surface area (TPSA) is 9.23 Å². The van der Waals surface area contributed by atoms with Gasteiger partial charge in [0.2, 0.25) is 0 Å². The van der Waals surface area contributed by atoms with Crippen molar-refractivity contribution in [2.24, 2.45) is 0 Å². The molecule has 0 amide bonds. The highest BCUT2D eigenvalue weighted by Crippen LogP contribution is 2.16. The smallest absolute Gasteiger partial charge is 0.119 e. The van der Waals surface area contributed by atoms with Crippen molar-refractivity contribution in [3.63, 3.8) is 0 Å². The Hall–Kier alpha value is -1.05. The van der Waals surface area contributed by atoms with Crippen molar-refractivity contribution < 1.29 is 9.13 Å². The SMILES string of the molecule is COc1cc(C)cc(CF)c1. The van der Waals surface area contributed by atoms with Gasteiger partial charge >= 0.3 is 0 Å². The van der Waals surface area contributed by atoms with Gasteiger partial charge in [-0.2, -0.15) is 0 Å². The van der Waals surface area contributed by atoms with Crippen LogP contribution < -0.4 is 4.74 Å². The van der Waals surface area contributed by atoms with E-state index < -0.39 is 6.67 Å². The molecule has 60 valence electrons. The van der Waals surface area contributed by atoms with Gasteiger partial charge in [0, 0.05) is 0 Å². The van der Waals surface area contributed by atoms with Gasteiger partial charge in [0.15, 0.2) is 0 Å². The minimum absolute atomic E-state index is 0.433. The first-order valence-electron chi connectivity index (χ1n) is 3.47. The molecule has 2 heteroatoms. The van der Waals surface area contributed by atoms with Crippen molar-refractivity contribution in [2.45, 2.75) is 13.6 Å². The van der Waals surface area contributed by atoms with Gasteiger partial charge in [-0.05, 0) is 30.2 Å². The van der Waals surface area contributed by atoms with Crippen molar-refractivity contribution in [1.29, 1.82) is 0 Å². The second kappa shape index (κ2) is 3.37. The maximum atomic E-state index is 12.2. The Balaban J connectivity index is 3.02. The fourth-order valence-electron chi connectivity index (χ4n) is 1.02. The molecule has 0 spiro atoms. The molecule has 0 bridgehead atoms. The second-order valence-electron chi connectivity index (χ2n) is 2.49. The molecule has 0 N–H and O–H groups in total. The van der Waals surface area contributed by atoms with Gasteiger partial charge in [0.25, 0.3) is 0 Å². The van der Waals surface area contributed by atoms with Crippen LogP contribution >= 0.6 is 0 Å². The van der Waals surface area contributed by atoms with Gasteiger partial charge < -0.3 is 4.74 Å². The van der Waals surface area contributed by atoms with Crippen LogP contribution in [0.25, 0.3) is 0 Å². The summed E-state index contributed by atoms with van der Waals surface area (Å²) in [6.45, 7) is 1.49. The minimum atomic E-state index is -0.433. The first-order chi connectivity index (χ1) is 5.26. The molecule has 0 unspecified atom stereocenters. The molecule has 0 aromatic heterocycles. The molecular formula is C9H11FO. The summed E-state index contributed by atoms with van der Waals surface area (Å²) in [6.07, 6.45) is 0. The lowest BCUT2D eigenvalue weighted by Crippen LogP contribution is -1.86. The summed E-state index contributed by atoms with van der Waals surface area (Å²) in [6, 6.07) is 5.38. The summed E-state index contributed by atoms with van der Waals surface area (Å²) in [5.74, 6) is 0.720. The van der Waals surface area contributed by atoms with Gasteiger partial charge in [-0.25, -0.2) is 4.39 Å². The van der Waals surface area contributed by atoms with E-state index in [1.54, 1.807) is 13.2 Å². The minimum Gasteiger partial charge on any atom is -0.497 e. The Morgan fingerprint density at radius 1 is 1.36 bits per heavy atom. The number of benzene rings is 1. The zero-order valence-corrected chi connectivity index (χ0v) is 6.73. The van der Waals surface area contributed by atoms with Gasteiger partial charge in [0.05, 0.1) is 7.11 Å². The van der Waals surface area contributed by atoms with Crippen LogP contribution in [0.5, 0.6) is 5.75 Å². The lowest BCUT2D eigenvalue weighted by molar-refractivity contribution is 0.411. The third-order valence-corrected chi connectivity index (χ3v) is 1.50. The number of alkyl halides is 1. The van der Waals surface area contributed by atoms with Crippen molar-refractivity contribution in [3.8, 4) is 5.75 Å². The van der Waals surface area contributed by atoms with Crippen LogP contribution in [0.4, 0.5) is 4.39 Å². The van der Waals surface area contributed by atoms with Crippen molar-refractivity contribution >= 4 is 0 Å². The van der Waals surface area contributed by atoms with E-state index >= 15 is 0 Å². The summed E-state index contributed by atoms with van der Waals surface area (Å²) in [5, 5.41) is 0. The first kappa shape index (κ1) is 8.05. The van der Waals surface area contributed by atoms with E-state index in [2.05, 4.69) is 0 Å². The first-order valence-corrected chi connectivity index (χ1v) is 3.47. The van der Waals surface area contributed by atoms with Gasteiger partial charge in [0.1, 0.15) is 12.4 Å². The molecule has 0 aliphatic rings. The molecule has 0 aliphatic carbocycles. The molecule has 0 saturated carbocycles. The predicted molar refractivity (Wildman–Crippen MR) is 42.5 cm³/mol. The Kier molecular flexibility index (Phi) is 2.47. The fraction of sp³-hybridized carbons (Fsp3) is 0.333. The molecule has 0 heterocycles. The summed E-state index contributed by atoms with van der Waals surface area (Å²) >= 11 is 0. The largest absolute Gasteiger partial charge is 0.497 e. The molecule has 0 atom stereocenters. The Labute approximate surface area is 65.8 Å². The van der Waals surface area contributed by atoms with Crippen LogP contribution in [0.2, 0.25) is 0 Å². The highest BCUT2D eigenvalue weighted by atomic mass is 19.1. The Morgan fingerprint density at radius 3 is 2.64 bits per heavy atom. The molecule has 0 radical (unpaired) electrons. The summed E-state index contributed by atoms with van der Waals surface area (Å²) in [7, 11) is 1.58. The van der Waals surface area contributed by atoms with Crippen LogP contribution in [0.1, 0.15) is 11.1 Å². The van der Waals surface area contributed by atoms with Crippen molar-refractivity contribution in [1.82, 2.24) is 0 Å². The molecule has 0 saturated heterocycles. The molecule has 0 fully saturated rings. The number of ether oxygens (including phenoxy) is 1. The highest BCUT2D eigenvalue weighted by Gasteiger charge is 1.96. The monoisotopic (exact) mass is 154 g/mol. The van der Waals surface area contributed by atoms with E-state index in [1.807, 2.05) is 19.1 Å². The van der Waals surface area contributed by atoms with Crippen LogP contribution in [0.3, 0.4) is 0 Å².